The maximum absolute atomic E-state index is 13.6. The van der Waals surface area contributed by atoms with Gasteiger partial charge < -0.3 is 10.1 Å². The van der Waals surface area contributed by atoms with Crippen LogP contribution in [0.15, 0.2) is 12.1 Å². The molecule has 0 aliphatic carbocycles. The van der Waals surface area contributed by atoms with Gasteiger partial charge in [-0.1, -0.05) is 0 Å². The molecule has 1 atom stereocenters. The van der Waals surface area contributed by atoms with Gasteiger partial charge in [-0.05, 0) is 31.5 Å². The topological polar surface area (TPSA) is 21.3 Å². The summed E-state index contributed by atoms with van der Waals surface area (Å²) < 4.78 is 32.0. The highest BCUT2D eigenvalue weighted by Gasteiger charge is 2.22. The zero-order valence-electron chi connectivity index (χ0n) is 9.39. The van der Waals surface area contributed by atoms with Crippen LogP contribution in [0.3, 0.4) is 0 Å². The molecular formula is C12H15F2NO. The molecule has 1 heterocycles. The molecule has 1 saturated heterocycles. The second-order valence-electron chi connectivity index (χ2n) is 4.25. The molecule has 1 aliphatic rings. The largest absolute Gasteiger partial charge is 0.378 e. The van der Waals surface area contributed by atoms with E-state index in [-0.39, 0.29) is 23.7 Å². The van der Waals surface area contributed by atoms with Crippen molar-refractivity contribution in [2.45, 2.75) is 25.9 Å². The third-order valence-electron chi connectivity index (χ3n) is 2.87. The van der Waals surface area contributed by atoms with E-state index in [1.54, 1.807) is 6.92 Å². The van der Waals surface area contributed by atoms with Gasteiger partial charge in [-0.3, -0.25) is 0 Å². The molecule has 0 bridgehead atoms. The van der Waals surface area contributed by atoms with Crippen LogP contribution in [0.4, 0.5) is 8.78 Å². The summed E-state index contributed by atoms with van der Waals surface area (Å²) in [6, 6.07) is 2.55. The molecule has 0 aromatic heterocycles. The summed E-state index contributed by atoms with van der Waals surface area (Å²) in [5.74, 6) is -0.728. The Morgan fingerprint density at radius 2 is 2.00 bits per heavy atom. The minimum Gasteiger partial charge on any atom is -0.378 e. The third-order valence-corrected chi connectivity index (χ3v) is 2.87. The second-order valence-corrected chi connectivity index (χ2v) is 4.25. The van der Waals surface area contributed by atoms with Crippen molar-refractivity contribution < 1.29 is 13.5 Å². The number of nitrogens with one attached hydrogen (secondary N) is 1. The van der Waals surface area contributed by atoms with Crippen LogP contribution in [0, 0.1) is 18.6 Å². The molecule has 4 heteroatoms. The number of rotatable bonds is 3. The van der Waals surface area contributed by atoms with Gasteiger partial charge >= 0.3 is 0 Å². The van der Waals surface area contributed by atoms with Gasteiger partial charge in [-0.2, -0.15) is 0 Å². The van der Waals surface area contributed by atoms with Gasteiger partial charge in [0, 0.05) is 11.6 Å². The highest BCUT2D eigenvalue weighted by Crippen LogP contribution is 2.21. The summed E-state index contributed by atoms with van der Waals surface area (Å²) in [5, 5.41) is 3.19. The van der Waals surface area contributed by atoms with Crippen LogP contribution in [0.2, 0.25) is 0 Å². The lowest BCUT2D eigenvalue weighted by molar-refractivity contribution is -0.00941. The van der Waals surface area contributed by atoms with Crippen molar-refractivity contribution in [2.24, 2.45) is 0 Å². The van der Waals surface area contributed by atoms with Gasteiger partial charge in [0.05, 0.1) is 19.3 Å². The molecule has 1 aliphatic heterocycles. The summed E-state index contributed by atoms with van der Waals surface area (Å²) in [5.41, 5.74) is 0.704. The number of halogens is 2. The molecule has 0 spiro atoms. The Balaban J connectivity index is 2.14. The zero-order chi connectivity index (χ0) is 11.7. The summed E-state index contributed by atoms with van der Waals surface area (Å²) in [4.78, 5) is 0. The second kappa shape index (κ2) is 4.47. The first-order valence-electron chi connectivity index (χ1n) is 5.37. The van der Waals surface area contributed by atoms with Crippen molar-refractivity contribution in [2.75, 3.05) is 13.2 Å². The summed E-state index contributed by atoms with van der Waals surface area (Å²) >= 11 is 0. The quantitative estimate of drug-likeness (QED) is 0.855. The number of ether oxygens (including phenoxy) is 1. The van der Waals surface area contributed by atoms with Gasteiger partial charge in [-0.15, -0.1) is 0 Å². The van der Waals surface area contributed by atoms with Crippen LogP contribution < -0.4 is 5.32 Å². The van der Waals surface area contributed by atoms with E-state index in [1.807, 2.05) is 6.92 Å². The Hall–Kier alpha value is -1.00. The minimum absolute atomic E-state index is 0.205. The standard InChI is InChI=1S/C12H15F2NO/c1-7-3-12(14)10(4-11(7)13)8(2)15-9-5-16-6-9/h3-4,8-9,15H,5-6H2,1-2H3. The SMILES string of the molecule is Cc1cc(F)c(C(C)NC2COC2)cc1F. The van der Waals surface area contributed by atoms with Crippen LogP contribution >= 0.6 is 0 Å². The molecule has 2 rings (SSSR count). The van der Waals surface area contributed by atoms with Crippen LogP contribution in [-0.4, -0.2) is 19.3 Å². The van der Waals surface area contributed by atoms with Crippen molar-refractivity contribution in [1.82, 2.24) is 5.32 Å². The van der Waals surface area contributed by atoms with Crippen LogP contribution in [0.1, 0.15) is 24.1 Å². The van der Waals surface area contributed by atoms with E-state index in [1.165, 1.54) is 12.1 Å². The van der Waals surface area contributed by atoms with E-state index in [0.29, 0.717) is 24.3 Å². The van der Waals surface area contributed by atoms with Gasteiger partial charge in [0.25, 0.3) is 0 Å². The maximum atomic E-state index is 13.6. The Kier molecular flexibility index (Phi) is 3.21. The van der Waals surface area contributed by atoms with E-state index in [0.717, 1.165) is 0 Å². The fourth-order valence-electron chi connectivity index (χ4n) is 1.77. The molecule has 1 fully saturated rings. The van der Waals surface area contributed by atoms with Gasteiger partial charge in [0.2, 0.25) is 0 Å². The Morgan fingerprint density at radius 3 is 2.56 bits per heavy atom. The average Bonchev–Trinajstić information content (AvgIpc) is 2.17. The van der Waals surface area contributed by atoms with E-state index in [4.69, 9.17) is 4.74 Å². The van der Waals surface area contributed by atoms with Crippen molar-refractivity contribution in [3.05, 3.63) is 34.9 Å². The normalized spacial score (nSPS) is 18.2. The highest BCUT2D eigenvalue weighted by molar-refractivity contribution is 5.27. The van der Waals surface area contributed by atoms with Crippen LogP contribution in [0.5, 0.6) is 0 Å². The zero-order valence-corrected chi connectivity index (χ0v) is 9.39. The molecule has 0 radical (unpaired) electrons. The van der Waals surface area contributed by atoms with Crippen molar-refractivity contribution in [3.63, 3.8) is 0 Å². The number of aryl methyl sites for hydroxylation is 1. The molecule has 2 nitrogen and oxygen atoms in total. The van der Waals surface area contributed by atoms with Crippen LogP contribution in [-0.2, 0) is 4.74 Å². The number of hydrogen-bond acceptors (Lipinski definition) is 2. The van der Waals surface area contributed by atoms with Gasteiger partial charge in [-0.25, -0.2) is 8.78 Å². The Labute approximate surface area is 93.6 Å². The maximum Gasteiger partial charge on any atom is 0.128 e. The average molecular weight is 227 g/mol. The van der Waals surface area contributed by atoms with Crippen molar-refractivity contribution in [1.29, 1.82) is 0 Å². The molecule has 1 aromatic rings. The highest BCUT2D eigenvalue weighted by atomic mass is 19.1. The molecule has 88 valence electrons. The van der Waals surface area contributed by atoms with Crippen molar-refractivity contribution >= 4 is 0 Å². The lowest BCUT2D eigenvalue weighted by Crippen LogP contribution is -2.46. The first-order valence-corrected chi connectivity index (χ1v) is 5.37. The predicted molar refractivity (Wildman–Crippen MR) is 57.3 cm³/mol. The lowest BCUT2D eigenvalue weighted by Gasteiger charge is -2.30. The fourth-order valence-corrected chi connectivity index (χ4v) is 1.77. The fraction of sp³-hybridized carbons (Fsp3) is 0.500. The summed E-state index contributed by atoms with van der Waals surface area (Å²) in [7, 11) is 0. The van der Waals surface area contributed by atoms with E-state index < -0.39 is 0 Å². The van der Waals surface area contributed by atoms with E-state index >= 15 is 0 Å². The van der Waals surface area contributed by atoms with E-state index in [9.17, 15) is 8.78 Å². The minimum atomic E-state index is -0.366. The first-order chi connectivity index (χ1) is 7.58. The molecular weight excluding hydrogens is 212 g/mol. The van der Waals surface area contributed by atoms with Crippen molar-refractivity contribution in [3.8, 4) is 0 Å². The molecule has 16 heavy (non-hydrogen) atoms. The van der Waals surface area contributed by atoms with E-state index in [2.05, 4.69) is 5.32 Å². The monoisotopic (exact) mass is 227 g/mol. The van der Waals surface area contributed by atoms with Gasteiger partial charge in [0.1, 0.15) is 11.6 Å². The summed E-state index contributed by atoms with van der Waals surface area (Å²) in [6.07, 6.45) is 0. The lowest BCUT2D eigenvalue weighted by atomic mass is 10.0. The van der Waals surface area contributed by atoms with Crippen LogP contribution in [0.25, 0.3) is 0 Å². The molecule has 1 unspecified atom stereocenters. The van der Waals surface area contributed by atoms with Gasteiger partial charge in [0.15, 0.2) is 0 Å². The Bertz CT molecular complexity index is 391. The molecule has 0 saturated carbocycles. The number of benzene rings is 1. The molecule has 1 N–H and O–H groups in total. The molecule has 1 aromatic carbocycles. The predicted octanol–water partition coefficient (Wildman–Crippen LogP) is 2.32. The smallest absolute Gasteiger partial charge is 0.128 e. The summed E-state index contributed by atoms with van der Waals surface area (Å²) in [6.45, 7) is 4.66. The molecule has 0 amide bonds. The number of hydrogen-bond donors (Lipinski definition) is 1. The third kappa shape index (κ3) is 2.23. The first kappa shape index (κ1) is 11.5. The Morgan fingerprint density at radius 1 is 1.31 bits per heavy atom.